The quantitative estimate of drug-likeness (QED) is 0.871. The summed E-state index contributed by atoms with van der Waals surface area (Å²) in [6.07, 6.45) is 0.792. The van der Waals surface area contributed by atoms with Gasteiger partial charge in [-0.3, -0.25) is 4.79 Å². The number of ether oxygens (including phenoxy) is 1. The number of nitrogens with one attached hydrogen (secondary N) is 1. The van der Waals surface area contributed by atoms with E-state index in [-0.39, 0.29) is 5.91 Å². The number of carbonyl (C=O) groups is 1. The van der Waals surface area contributed by atoms with Crippen LogP contribution in [0.2, 0.25) is 5.02 Å². The zero-order valence-electron chi connectivity index (χ0n) is 11.0. The fourth-order valence-corrected chi connectivity index (χ4v) is 1.72. The Morgan fingerprint density at radius 3 is 2.89 bits per heavy atom. The smallest absolute Gasteiger partial charge is 0.261 e. The van der Waals surface area contributed by atoms with E-state index in [1.54, 1.807) is 31.2 Å². The molecule has 0 fully saturated rings. The second-order valence-electron chi connectivity index (χ2n) is 4.20. The third kappa shape index (κ3) is 5.19. The van der Waals surface area contributed by atoms with Gasteiger partial charge < -0.3 is 10.1 Å². The van der Waals surface area contributed by atoms with Crippen molar-refractivity contribution in [2.75, 3.05) is 0 Å². The normalized spacial score (nSPS) is 13.2. The van der Waals surface area contributed by atoms with Gasteiger partial charge in [-0.2, -0.15) is 5.26 Å². The van der Waals surface area contributed by atoms with E-state index < -0.39 is 12.1 Å². The number of hydrogen-bond donors (Lipinski definition) is 1. The Labute approximate surface area is 118 Å². The molecule has 1 amide bonds. The maximum absolute atomic E-state index is 11.9. The maximum Gasteiger partial charge on any atom is 0.261 e. The minimum atomic E-state index is -0.675. The molecule has 0 aliphatic rings. The highest BCUT2D eigenvalue weighted by atomic mass is 35.5. The minimum absolute atomic E-state index is 0.306. The van der Waals surface area contributed by atoms with E-state index >= 15 is 0 Å². The lowest BCUT2D eigenvalue weighted by atomic mass is 10.2. The second kappa shape index (κ2) is 7.65. The van der Waals surface area contributed by atoms with Crippen LogP contribution in [0, 0.1) is 11.3 Å². The fraction of sp³-hybridized carbons (Fsp3) is 0.429. The second-order valence-corrected chi connectivity index (χ2v) is 4.63. The van der Waals surface area contributed by atoms with Crippen molar-refractivity contribution in [1.82, 2.24) is 5.32 Å². The average molecular weight is 281 g/mol. The van der Waals surface area contributed by atoms with Crippen molar-refractivity contribution in [3.05, 3.63) is 29.3 Å². The number of nitrogens with zero attached hydrogens (tertiary/aromatic N) is 1. The largest absolute Gasteiger partial charge is 0.481 e. The SMILES string of the molecule is CCCC(C#N)NC(=O)C(C)Oc1cccc(Cl)c1. The van der Waals surface area contributed by atoms with E-state index in [2.05, 4.69) is 11.4 Å². The Bertz CT molecular complexity index is 471. The number of amides is 1. The molecule has 2 unspecified atom stereocenters. The van der Waals surface area contributed by atoms with Gasteiger partial charge in [-0.25, -0.2) is 0 Å². The predicted octanol–water partition coefficient (Wildman–Crippen LogP) is 2.92. The van der Waals surface area contributed by atoms with Crippen LogP contribution in [0.4, 0.5) is 0 Å². The summed E-state index contributed by atoms with van der Waals surface area (Å²) in [4.78, 5) is 11.9. The molecule has 4 nitrogen and oxygen atoms in total. The minimum Gasteiger partial charge on any atom is -0.481 e. The Hall–Kier alpha value is -1.73. The highest BCUT2D eigenvalue weighted by Crippen LogP contribution is 2.18. The third-order valence-electron chi connectivity index (χ3n) is 2.53. The van der Waals surface area contributed by atoms with Gasteiger partial charge in [-0.15, -0.1) is 0 Å². The first-order valence-electron chi connectivity index (χ1n) is 6.19. The summed E-state index contributed by atoms with van der Waals surface area (Å²) in [5.74, 6) is 0.221. The van der Waals surface area contributed by atoms with E-state index in [1.165, 1.54) is 0 Å². The average Bonchev–Trinajstić information content (AvgIpc) is 2.38. The van der Waals surface area contributed by atoms with Gasteiger partial charge in [0.2, 0.25) is 0 Å². The molecule has 0 aliphatic carbocycles. The lowest BCUT2D eigenvalue weighted by Gasteiger charge is -2.17. The molecule has 1 rings (SSSR count). The Morgan fingerprint density at radius 1 is 1.58 bits per heavy atom. The monoisotopic (exact) mass is 280 g/mol. The van der Waals surface area contributed by atoms with Crippen LogP contribution in [0.25, 0.3) is 0 Å². The molecule has 0 heterocycles. The summed E-state index contributed by atoms with van der Waals surface area (Å²) < 4.78 is 5.47. The molecule has 0 aromatic heterocycles. The van der Waals surface area contributed by atoms with Crippen LogP contribution in [0.5, 0.6) is 5.75 Å². The molecule has 0 bridgehead atoms. The standard InChI is InChI=1S/C14H17ClN2O2/c1-3-5-12(9-16)17-14(18)10(2)19-13-7-4-6-11(15)8-13/h4,6-8,10,12H,3,5H2,1-2H3,(H,17,18). The van der Waals surface area contributed by atoms with Gasteiger partial charge in [0.05, 0.1) is 6.07 Å². The highest BCUT2D eigenvalue weighted by molar-refractivity contribution is 6.30. The van der Waals surface area contributed by atoms with E-state index in [0.717, 1.165) is 6.42 Å². The van der Waals surface area contributed by atoms with Crippen molar-refractivity contribution in [2.45, 2.75) is 38.8 Å². The van der Waals surface area contributed by atoms with Gasteiger partial charge in [-0.05, 0) is 31.5 Å². The van der Waals surface area contributed by atoms with Gasteiger partial charge in [-0.1, -0.05) is 31.0 Å². The van der Waals surface area contributed by atoms with Crippen LogP contribution in [-0.2, 0) is 4.79 Å². The molecular weight excluding hydrogens is 264 g/mol. The molecule has 102 valence electrons. The third-order valence-corrected chi connectivity index (χ3v) is 2.76. The van der Waals surface area contributed by atoms with Crippen LogP contribution in [0.15, 0.2) is 24.3 Å². The van der Waals surface area contributed by atoms with Crippen LogP contribution < -0.4 is 10.1 Å². The van der Waals surface area contributed by atoms with Crippen LogP contribution in [0.1, 0.15) is 26.7 Å². The lowest BCUT2D eigenvalue weighted by molar-refractivity contribution is -0.127. The van der Waals surface area contributed by atoms with Crippen molar-refractivity contribution in [1.29, 1.82) is 5.26 Å². The first-order chi connectivity index (χ1) is 9.06. The Morgan fingerprint density at radius 2 is 2.32 bits per heavy atom. The van der Waals surface area contributed by atoms with Crippen LogP contribution in [0.3, 0.4) is 0 Å². The molecule has 0 aliphatic heterocycles. The van der Waals surface area contributed by atoms with Gasteiger partial charge in [0.15, 0.2) is 6.10 Å². The summed E-state index contributed by atoms with van der Waals surface area (Å²) in [5, 5.41) is 12.1. The summed E-state index contributed by atoms with van der Waals surface area (Å²) in [5.41, 5.74) is 0. The molecule has 1 N–H and O–H groups in total. The molecule has 1 aromatic carbocycles. The van der Waals surface area contributed by atoms with Gasteiger partial charge in [0, 0.05) is 5.02 Å². The topological polar surface area (TPSA) is 62.1 Å². The Kier molecular flexibility index (Phi) is 6.17. The van der Waals surface area contributed by atoms with Gasteiger partial charge in [0.25, 0.3) is 5.91 Å². The van der Waals surface area contributed by atoms with E-state index in [1.807, 2.05) is 6.92 Å². The van der Waals surface area contributed by atoms with Crippen LogP contribution >= 0.6 is 11.6 Å². The predicted molar refractivity (Wildman–Crippen MR) is 74.0 cm³/mol. The zero-order chi connectivity index (χ0) is 14.3. The van der Waals surface area contributed by atoms with Crippen molar-refractivity contribution in [3.63, 3.8) is 0 Å². The summed E-state index contributed by atoms with van der Waals surface area (Å²) >= 11 is 5.83. The van der Waals surface area contributed by atoms with E-state index in [4.69, 9.17) is 21.6 Å². The van der Waals surface area contributed by atoms with Crippen molar-refractivity contribution < 1.29 is 9.53 Å². The molecule has 0 spiro atoms. The van der Waals surface area contributed by atoms with E-state index in [0.29, 0.717) is 17.2 Å². The summed E-state index contributed by atoms with van der Waals surface area (Å²) in [7, 11) is 0. The molecule has 5 heteroatoms. The van der Waals surface area contributed by atoms with Gasteiger partial charge in [0.1, 0.15) is 11.8 Å². The number of hydrogen-bond acceptors (Lipinski definition) is 3. The number of rotatable bonds is 6. The van der Waals surface area contributed by atoms with E-state index in [9.17, 15) is 4.79 Å². The molecule has 19 heavy (non-hydrogen) atoms. The fourth-order valence-electron chi connectivity index (χ4n) is 1.54. The lowest BCUT2D eigenvalue weighted by Crippen LogP contribution is -2.41. The molecule has 2 atom stereocenters. The first-order valence-corrected chi connectivity index (χ1v) is 6.56. The Balaban J connectivity index is 2.55. The summed E-state index contributed by atoms with van der Waals surface area (Å²) in [6, 6.07) is 8.42. The zero-order valence-corrected chi connectivity index (χ0v) is 11.8. The highest BCUT2D eigenvalue weighted by Gasteiger charge is 2.18. The van der Waals surface area contributed by atoms with Crippen molar-refractivity contribution in [3.8, 4) is 11.8 Å². The molecule has 0 radical (unpaired) electrons. The molecule has 1 aromatic rings. The maximum atomic E-state index is 11.9. The molecule has 0 saturated carbocycles. The molecular formula is C14H17ClN2O2. The first kappa shape index (κ1) is 15.3. The number of nitriles is 1. The van der Waals surface area contributed by atoms with Crippen LogP contribution in [-0.4, -0.2) is 18.1 Å². The van der Waals surface area contributed by atoms with Gasteiger partial charge >= 0.3 is 0 Å². The molecule has 0 saturated heterocycles. The number of benzene rings is 1. The van der Waals surface area contributed by atoms with Crippen molar-refractivity contribution in [2.24, 2.45) is 0 Å². The number of halogens is 1. The number of carbonyl (C=O) groups excluding carboxylic acids is 1. The van der Waals surface area contributed by atoms with Crippen molar-refractivity contribution >= 4 is 17.5 Å². The summed E-state index contributed by atoms with van der Waals surface area (Å²) in [6.45, 7) is 3.60.